The number of fused-ring (bicyclic) bond motifs is 1. The zero-order chi connectivity index (χ0) is 22.7. The van der Waals surface area contributed by atoms with Gasteiger partial charge in [-0.3, -0.25) is 4.79 Å². The van der Waals surface area contributed by atoms with Crippen molar-refractivity contribution >= 4 is 34.5 Å². The Kier molecular flexibility index (Phi) is 6.46. The van der Waals surface area contributed by atoms with Gasteiger partial charge in [-0.05, 0) is 36.4 Å². The van der Waals surface area contributed by atoms with Crippen LogP contribution in [0.25, 0.3) is 0 Å². The molecule has 2 aromatic rings. The van der Waals surface area contributed by atoms with E-state index in [0.29, 0.717) is 17.7 Å². The van der Waals surface area contributed by atoms with Crippen molar-refractivity contribution in [3.8, 4) is 0 Å². The summed E-state index contributed by atoms with van der Waals surface area (Å²) < 4.78 is 5.13. The van der Waals surface area contributed by atoms with E-state index in [1.54, 1.807) is 0 Å². The van der Waals surface area contributed by atoms with E-state index >= 15 is 0 Å². The number of nitrogens with one attached hydrogen (secondary N) is 1. The molecule has 4 rings (SSSR count). The fourth-order valence-electron chi connectivity index (χ4n) is 3.87. The van der Waals surface area contributed by atoms with Crippen LogP contribution in [0.1, 0.15) is 36.9 Å². The van der Waals surface area contributed by atoms with Gasteiger partial charge in [0.15, 0.2) is 5.17 Å². The highest BCUT2D eigenvalue weighted by Gasteiger charge is 2.41. The molecule has 0 bridgehead atoms. The normalized spacial score (nSPS) is 17.5. The molecule has 164 valence electrons. The Morgan fingerprint density at radius 3 is 2.50 bits per heavy atom. The van der Waals surface area contributed by atoms with Gasteiger partial charge < -0.3 is 15.0 Å². The van der Waals surface area contributed by atoms with E-state index < -0.39 is 12.0 Å². The maximum Gasteiger partial charge on any atom is 0.338 e. The summed E-state index contributed by atoms with van der Waals surface area (Å²) in [6.07, 6.45) is 0.772. The SMILES string of the molecule is CCC1=C(C(=O)OC)C(c2ccccc2)N2C(CC(=O)Nc3ccc(C)cc3)=CSC2=N1. The maximum atomic E-state index is 12.8. The lowest BCUT2D eigenvalue weighted by atomic mass is 9.93. The highest BCUT2D eigenvalue weighted by molar-refractivity contribution is 8.16. The number of esters is 1. The van der Waals surface area contributed by atoms with Gasteiger partial charge in [-0.15, -0.1) is 0 Å². The molecule has 2 aromatic carbocycles. The number of allylic oxidation sites excluding steroid dienone is 1. The number of amidine groups is 1. The van der Waals surface area contributed by atoms with Gasteiger partial charge >= 0.3 is 5.97 Å². The zero-order valence-electron chi connectivity index (χ0n) is 18.3. The molecule has 0 saturated heterocycles. The summed E-state index contributed by atoms with van der Waals surface area (Å²) in [6.45, 7) is 3.98. The van der Waals surface area contributed by atoms with Gasteiger partial charge in [0.05, 0.1) is 30.8 Å². The van der Waals surface area contributed by atoms with E-state index in [1.807, 2.05) is 78.8 Å². The van der Waals surface area contributed by atoms with Crippen LogP contribution in [0.2, 0.25) is 0 Å². The number of methoxy groups -OCH3 is 1. The third-order valence-corrected chi connectivity index (χ3v) is 6.31. The molecular formula is C25H25N3O3S. The number of carbonyl (C=O) groups is 2. The number of aryl methyl sites for hydroxylation is 1. The molecule has 32 heavy (non-hydrogen) atoms. The number of amides is 1. The van der Waals surface area contributed by atoms with Gasteiger partial charge in [0.2, 0.25) is 5.91 Å². The molecule has 0 fully saturated rings. The molecule has 0 radical (unpaired) electrons. The number of hydrogen-bond acceptors (Lipinski definition) is 6. The lowest BCUT2D eigenvalue weighted by molar-refractivity contribution is -0.136. The van der Waals surface area contributed by atoms with Crippen LogP contribution in [0, 0.1) is 6.92 Å². The lowest BCUT2D eigenvalue weighted by Crippen LogP contribution is -2.37. The molecule has 1 atom stereocenters. The molecule has 0 aliphatic carbocycles. The van der Waals surface area contributed by atoms with Crippen LogP contribution in [-0.4, -0.2) is 29.1 Å². The number of ether oxygens (including phenoxy) is 1. The average Bonchev–Trinajstić information content (AvgIpc) is 3.21. The van der Waals surface area contributed by atoms with Crippen molar-refractivity contribution in [2.24, 2.45) is 4.99 Å². The van der Waals surface area contributed by atoms with Gasteiger partial charge in [0.25, 0.3) is 0 Å². The molecule has 2 aliphatic heterocycles. The first kappa shape index (κ1) is 21.9. The molecule has 1 unspecified atom stereocenters. The topological polar surface area (TPSA) is 71.0 Å². The smallest absolute Gasteiger partial charge is 0.338 e. The van der Waals surface area contributed by atoms with E-state index in [9.17, 15) is 9.59 Å². The number of thioether (sulfide) groups is 1. The first-order valence-electron chi connectivity index (χ1n) is 10.5. The first-order valence-corrected chi connectivity index (χ1v) is 11.4. The standard InChI is InChI=1S/C25H25N3O3S/c1-4-20-22(24(30)31-3)23(17-8-6-5-7-9-17)28-19(15-32-25(28)27-20)14-21(29)26-18-12-10-16(2)11-13-18/h5-13,15,23H,4,14H2,1-3H3,(H,26,29). The lowest BCUT2D eigenvalue weighted by Gasteiger charge is -2.36. The summed E-state index contributed by atoms with van der Waals surface area (Å²) in [5.41, 5.74) is 4.84. The van der Waals surface area contributed by atoms with Crippen molar-refractivity contribution in [2.75, 3.05) is 12.4 Å². The molecule has 0 aromatic heterocycles. The molecule has 0 saturated carbocycles. The highest BCUT2D eigenvalue weighted by Crippen LogP contribution is 2.45. The summed E-state index contributed by atoms with van der Waals surface area (Å²) in [5.74, 6) is -0.530. The fourth-order valence-corrected chi connectivity index (χ4v) is 4.81. The van der Waals surface area contributed by atoms with E-state index in [0.717, 1.165) is 27.7 Å². The predicted molar refractivity (Wildman–Crippen MR) is 128 cm³/mol. The van der Waals surface area contributed by atoms with E-state index in [4.69, 9.17) is 9.73 Å². The van der Waals surface area contributed by atoms with Gasteiger partial charge in [-0.1, -0.05) is 66.7 Å². The molecule has 2 aliphatic rings. The van der Waals surface area contributed by atoms with Crippen molar-refractivity contribution < 1.29 is 14.3 Å². The van der Waals surface area contributed by atoms with E-state index in [2.05, 4.69) is 5.32 Å². The Morgan fingerprint density at radius 2 is 1.84 bits per heavy atom. The number of hydrogen-bond donors (Lipinski definition) is 1. The number of rotatable bonds is 6. The number of anilines is 1. The number of carbonyl (C=O) groups excluding carboxylic acids is 2. The summed E-state index contributed by atoms with van der Waals surface area (Å²) in [6, 6.07) is 17.1. The predicted octanol–water partition coefficient (Wildman–Crippen LogP) is 5.16. The van der Waals surface area contributed by atoms with Crippen molar-refractivity contribution in [1.29, 1.82) is 0 Å². The van der Waals surface area contributed by atoms with Crippen molar-refractivity contribution in [2.45, 2.75) is 32.7 Å². The molecular weight excluding hydrogens is 422 g/mol. The first-order chi connectivity index (χ1) is 15.5. The Hall–Kier alpha value is -3.32. The van der Waals surface area contributed by atoms with Gasteiger partial charge in [0.1, 0.15) is 0 Å². The second-order valence-electron chi connectivity index (χ2n) is 7.60. The van der Waals surface area contributed by atoms with Gasteiger partial charge in [0, 0.05) is 11.4 Å². The number of benzene rings is 2. The second kappa shape index (κ2) is 9.44. The van der Waals surface area contributed by atoms with Crippen LogP contribution in [0.3, 0.4) is 0 Å². The third kappa shape index (κ3) is 4.34. The minimum atomic E-state index is -0.404. The molecule has 0 spiro atoms. The number of nitrogens with zero attached hydrogens (tertiary/aromatic N) is 2. The van der Waals surface area contributed by atoms with Crippen molar-refractivity contribution in [3.05, 3.63) is 88.1 Å². The quantitative estimate of drug-likeness (QED) is 0.619. The summed E-state index contributed by atoms with van der Waals surface area (Å²) in [7, 11) is 1.38. The second-order valence-corrected chi connectivity index (χ2v) is 8.44. The minimum absolute atomic E-state index is 0.126. The Labute approximate surface area is 192 Å². The van der Waals surface area contributed by atoms with E-state index in [1.165, 1.54) is 18.9 Å². The van der Waals surface area contributed by atoms with Crippen molar-refractivity contribution in [3.63, 3.8) is 0 Å². The fraction of sp³-hybridized carbons (Fsp3) is 0.240. The monoisotopic (exact) mass is 447 g/mol. The summed E-state index contributed by atoms with van der Waals surface area (Å²) >= 11 is 1.47. The molecule has 6 nitrogen and oxygen atoms in total. The van der Waals surface area contributed by atoms with Gasteiger partial charge in [-0.2, -0.15) is 0 Å². The Morgan fingerprint density at radius 1 is 1.12 bits per heavy atom. The summed E-state index contributed by atoms with van der Waals surface area (Å²) in [4.78, 5) is 32.4. The highest BCUT2D eigenvalue weighted by atomic mass is 32.2. The Bertz CT molecular complexity index is 1120. The van der Waals surface area contributed by atoms with Crippen LogP contribution in [0.5, 0.6) is 0 Å². The molecule has 1 N–H and O–H groups in total. The van der Waals surface area contributed by atoms with Crippen LogP contribution in [0.15, 0.2) is 82.0 Å². The molecule has 2 heterocycles. The Balaban J connectivity index is 1.66. The van der Waals surface area contributed by atoms with Crippen LogP contribution in [0.4, 0.5) is 5.69 Å². The summed E-state index contributed by atoms with van der Waals surface area (Å²) in [5, 5.41) is 5.66. The maximum absolute atomic E-state index is 12.8. The largest absolute Gasteiger partial charge is 0.466 e. The van der Waals surface area contributed by atoms with Crippen LogP contribution < -0.4 is 5.32 Å². The van der Waals surface area contributed by atoms with E-state index in [-0.39, 0.29) is 12.3 Å². The van der Waals surface area contributed by atoms with Crippen LogP contribution >= 0.6 is 11.8 Å². The molecule has 7 heteroatoms. The third-order valence-electron chi connectivity index (χ3n) is 5.42. The minimum Gasteiger partial charge on any atom is -0.466 e. The van der Waals surface area contributed by atoms with Crippen LogP contribution in [-0.2, 0) is 14.3 Å². The van der Waals surface area contributed by atoms with Gasteiger partial charge in [-0.25, -0.2) is 9.79 Å². The van der Waals surface area contributed by atoms with Crippen molar-refractivity contribution in [1.82, 2.24) is 4.90 Å². The number of aliphatic imine (C=N–C) groups is 1. The molecule has 1 amide bonds. The average molecular weight is 448 g/mol. The zero-order valence-corrected chi connectivity index (χ0v) is 19.1.